The minimum absolute atomic E-state index is 0.259. The molecule has 0 bridgehead atoms. The quantitative estimate of drug-likeness (QED) is 0.464. The van der Waals surface area contributed by atoms with Gasteiger partial charge in [-0.25, -0.2) is 0 Å². The fraction of sp³-hybridized carbons (Fsp3) is 0.200. The molecule has 0 fully saturated rings. The van der Waals surface area contributed by atoms with Crippen LogP contribution in [0.15, 0.2) is 22.9 Å². The highest BCUT2D eigenvalue weighted by Crippen LogP contribution is 2.08. The molecule has 7 heavy (non-hydrogen) atoms. The van der Waals surface area contributed by atoms with Crippen molar-refractivity contribution in [3.63, 3.8) is 0 Å². The number of aliphatic hydroxyl groups excluding tert-OH is 1. The van der Waals surface area contributed by atoms with Crippen molar-refractivity contribution < 1.29 is 5.11 Å². The van der Waals surface area contributed by atoms with E-state index in [1.807, 2.05) is 0 Å². The smallest absolute Gasteiger partial charge is 0.103 e. The van der Waals surface area contributed by atoms with Crippen LogP contribution in [0.5, 0.6) is 0 Å². The minimum Gasteiger partial charge on any atom is -0.511 e. The van der Waals surface area contributed by atoms with Gasteiger partial charge in [-0.05, 0) is 22.9 Å². The van der Waals surface area contributed by atoms with Crippen molar-refractivity contribution in [2.24, 2.45) is 0 Å². The molecule has 0 aromatic heterocycles. The maximum atomic E-state index is 8.58. The topological polar surface area (TPSA) is 20.2 Å². The van der Waals surface area contributed by atoms with Crippen molar-refractivity contribution in [2.75, 3.05) is 0 Å². The zero-order valence-electron chi connectivity index (χ0n) is 4.11. The summed E-state index contributed by atoms with van der Waals surface area (Å²) in [6.07, 6.45) is 1.54. The lowest BCUT2D eigenvalue weighted by atomic mass is 10.5. The van der Waals surface area contributed by atoms with Gasteiger partial charge in [-0.2, -0.15) is 0 Å². The normalized spacial score (nSPS) is 12.9. The van der Waals surface area contributed by atoms with Crippen LogP contribution in [-0.4, -0.2) is 5.11 Å². The predicted octanol–water partition coefficient (Wildman–Crippen LogP) is 2.36. The molecule has 0 heterocycles. The number of hydrogen-bond acceptors (Lipinski definition) is 1. The molecule has 0 saturated heterocycles. The van der Waals surface area contributed by atoms with Crippen LogP contribution in [0.2, 0.25) is 0 Å². The fourth-order valence-corrected chi connectivity index (χ4v) is 0.148. The van der Waals surface area contributed by atoms with Crippen molar-refractivity contribution in [1.82, 2.24) is 0 Å². The van der Waals surface area contributed by atoms with E-state index in [0.717, 1.165) is 0 Å². The average molecular weight is 163 g/mol. The second-order valence-electron chi connectivity index (χ2n) is 1.14. The molecule has 2 heteroatoms. The summed E-state index contributed by atoms with van der Waals surface area (Å²) in [5, 5.41) is 8.58. The van der Waals surface area contributed by atoms with Crippen LogP contribution in [0, 0.1) is 0 Å². The Morgan fingerprint density at radius 1 is 1.86 bits per heavy atom. The van der Waals surface area contributed by atoms with Crippen LogP contribution < -0.4 is 0 Å². The Balaban J connectivity index is 3.98. The molecule has 1 N–H and O–H groups in total. The first kappa shape index (κ1) is 6.76. The van der Waals surface area contributed by atoms with E-state index in [4.69, 9.17) is 5.11 Å². The molecule has 0 atom stereocenters. The molecule has 1 nitrogen and oxygen atoms in total. The van der Waals surface area contributed by atoms with Crippen LogP contribution >= 0.6 is 15.9 Å². The molecule has 0 aliphatic rings. The Labute approximate surface area is 51.5 Å². The van der Waals surface area contributed by atoms with Crippen LogP contribution in [0.3, 0.4) is 0 Å². The summed E-state index contributed by atoms with van der Waals surface area (Å²) in [6.45, 7) is 5.01. The van der Waals surface area contributed by atoms with Gasteiger partial charge in [0.2, 0.25) is 0 Å². The largest absolute Gasteiger partial charge is 0.511 e. The molecule has 0 aromatic rings. The van der Waals surface area contributed by atoms with Gasteiger partial charge >= 0.3 is 0 Å². The van der Waals surface area contributed by atoms with E-state index < -0.39 is 0 Å². The summed E-state index contributed by atoms with van der Waals surface area (Å²) >= 11 is 3.05. The van der Waals surface area contributed by atoms with E-state index in [2.05, 4.69) is 22.5 Å². The first-order chi connectivity index (χ1) is 3.18. The van der Waals surface area contributed by atoms with Crippen LogP contribution in [-0.2, 0) is 0 Å². The lowest BCUT2D eigenvalue weighted by molar-refractivity contribution is 0.413. The predicted molar refractivity (Wildman–Crippen MR) is 34.5 cm³/mol. The van der Waals surface area contributed by atoms with Gasteiger partial charge in [-0.3, -0.25) is 0 Å². The molecule has 0 aromatic carbocycles. The molecule has 0 rings (SSSR count). The van der Waals surface area contributed by atoms with Crippen LogP contribution in [0.4, 0.5) is 0 Å². The summed E-state index contributed by atoms with van der Waals surface area (Å²) in [6, 6.07) is 0. The van der Waals surface area contributed by atoms with Crippen LogP contribution in [0.1, 0.15) is 6.92 Å². The third-order valence-electron chi connectivity index (χ3n) is 0.525. The van der Waals surface area contributed by atoms with E-state index in [0.29, 0.717) is 4.48 Å². The van der Waals surface area contributed by atoms with Crippen molar-refractivity contribution in [3.05, 3.63) is 22.9 Å². The van der Waals surface area contributed by atoms with Gasteiger partial charge in [0, 0.05) is 0 Å². The lowest BCUT2D eigenvalue weighted by Gasteiger charge is -1.87. The molecular formula is C5H7BrO. The average Bonchev–Trinajstić information content (AvgIpc) is 1.65. The van der Waals surface area contributed by atoms with Crippen molar-refractivity contribution >= 4 is 15.9 Å². The van der Waals surface area contributed by atoms with E-state index in [1.165, 1.54) is 6.08 Å². The van der Waals surface area contributed by atoms with Crippen molar-refractivity contribution in [2.45, 2.75) is 6.92 Å². The Morgan fingerprint density at radius 3 is 2.29 bits per heavy atom. The zero-order chi connectivity index (χ0) is 5.86. The van der Waals surface area contributed by atoms with E-state index in [1.54, 1.807) is 6.92 Å². The zero-order valence-corrected chi connectivity index (χ0v) is 5.70. The van der Waals surface area contributed by atoms with Gasteiger partial charge in [-0.1, -0.05) is 12.7 Å². The number of aliphatic hydroxyl groups is 1. The molecular weight excluding hydrogens is 156 g/mol. The first-order valence-electron chi connectivity index (χ1n) is 1.86. The fourth-order valence-electron chi connectivity index (χ4n) is 0.148. The summed E-state index contributed by atoms with van der Waals surface area (Å²) < 4.78 is 0.646. The number of hydrogen-bond donors (Lipinski definition) is 1. The monoisotopic (exact) mass is 162 g/mol. The molecule has 0 amide bonds. The molecule has 0 saturated carbocycles. The Kier molecular flexibility index (Phi) is 2.76. The molecule has 0 aliphatic heterocycles. The molecule has 0 radical (unpaired) electrons. The van der Waals surface area contributed by atoms with Gasteiger partial charge in [0.1, 0.15) is 5.76 Å². The van der Waals surface area contributed by atoms with Gasteiger partial charge < -0.3 is 5.11 Å². The van der Waals surface area contributed by atoms with Gasteiger partial charge in [0.05, 0.1) is 4.48 Å². The summed E-state index contributed by atoms with van der Waals surface area (Å²) in [4.78, 5) is 0. The Bertz CT molecular complexity index is 101. The summed E-state index contributed by atoms with van der Waals surface area (Å²) in [5.74, 6) is 0.259. The summed E-state index contributed by atoms with van der Waals surface area (Å²) in [7, 11) is 0. The highest BCUT2D eigenvalue weighted by molar-refractivity contribution is 9.11. The van der Waals surface area contributed by atoms with Gasteiger partial charge in [0.15, 0.2) is 0 Å². The molecule has 0 aliphatic carbocycles. The Hall–Kier alpha value is -0.240. The number of halogens is 1. The first-order valence-corrected chi connectivity index (χ1v) is 2.65. The van der Waals surface area contributed by atoms with E-state index >= 15 is 0 Å². The minimum atomic E-state index is 0.259. The molecule has 0 unspecified atom stereocenters. The van der Waals surface area contributed by atoms with Gasteiger partial charge in [-0.15, -0.1) is 0 Å². The van der Waals surface area contributed by atoms with Crippen LogP contribution in [0.25, 0.3) is 0 Å². The lowest BCUT2D eigenvalue weighted by Crippen LogP contribution is -1.70. The summed E-state index contributed by atoms with van der Waals surface area (Å²) in [5.41, 5.74) is 0. The number of rotatable bonds is 1. The standard InChI is InChI=1S/C5H7BrO/c1-3-5(6)4(2)7/h3,7H,1H2,2H3/b5-4-. The van der Waals surface area contributed by atoms with Crippen molar-refractivity contribution in [1.29, 1.82) is 0 Å². The van der Waals surface area contributed by atoms with Gasteiger partial charge in [0.25, 0.3) is 0 Å². The molecule has 0 spiro atoms. The highest BCUT2D eigenvalue weighted by Gasteiger charge is 1.84. The van der Waals surface area contributed by atoms with E-state index in [-0.39, 0.29) is 5.76 Å². The highest BCUT2D eigenvalue weighted by atomic mass is 79.9. The maximum absolute atomic E-state index is 8.58. The third-order valence-corrected chi connectivity index (χ3v) is 1.42. The third kappa shape index (κ3) is 2.45. The Morgan fingerprint density at radius 2 is 2.29 bits per heavy atom. The van der Waals surface area contributed by atoms with Crippen molar-refractivity contribution in [3.8, 4) is 0 Å². The second kappa shape index (κ2) is 2.86. The number of allylic oxidation sites excluding steroid dienone is 3. The maximum Gasteiger partial charge on any atom is 0.103 e. The second-order valence-corrected chi connectivity index (χ2v) is 1.99. The SMILES string of the molecule is C=C/C(Br)=C(\C)O. The van der Waals surface area contributed by atoms with E-state index in [9.17, 15) is 0 Å². The molecule has 40 valence electrons.